The summed E-state index contributed by atoms with van der Waals surface area (Å²) in [6.45, 7) is 7.67. The van der Waals surface area contributed by atoms with Crippen molar-refractivity contribution in [3.63, 3.8) is 0 Å². The van der Waals surface area contributed by atoms with E-state index in [0.717, 1.165) is 11.1 Å². The Morgan fingerprint density at radius 3 is 1.88 bits per heavy atom. The Labute approximate surface area is 207 Å². The molecule has 0 saturated carbocycles. The molecular formula is C22H27Cl3F4N4. The average Bonchev–Trinajstić information content (AvgIpc) is 2.76. The number of hydrogen-bond acceptors (Lipinski definition) is 4. The van der Waals surface area contributed by atoms with Gasteiger partial charge in [0, 0.05) is 37.9 Å². The molecule has 0 spiro atoms. The molecule has 11 heteroatoms. The van der Waals surface area contributed by atoms with Gasteiger partial charge in [-0.3, -0.25) is 4.90 Å². The SMILES string of the molecule is C=CCN(Cc1ccc(Cl)nc1)CC(F)F.C=CCNCC(F)F.ClCc1ccc(Cl)nc1. The van der Waals surface area contributed by atoms with Gasteiger partial charge >= 0.3 is 0 Å². The van der Waals surface area contributed by atoms with Crippen molar-refractivity contribution in [3.8, 4) is 0 Å². The number of aromatic nitrogens is 2. The summed E-state index contributed by atoms with van der Waals surface area (Å²) in [7, 11) is 0. The summed E-state index contributed by atoms with van der Waals surface area (Å²) in [6, 6.07) is 6.99. The number of hydrogen-bond donors (Lipinski definition) is 1. The molecule has 0 atom stereocenters. The minimum Gasteiger partial charge on any atom is -0.308 e. The molecular weight excluding hydrogens is 503 g/mol. The first-order valence-corrected chi connectivity index (χ1v) is 11.0. The maximum atomic E-state index is 12.3. The fourth-order valence-corrected chi connectivity index (χ4v) is 2.50. The van der Waals surface area contributed by atoms with E-state index in [0.29, 0.717) is 35.8 Å². The zero-order chi connectivity index (χ0) is 25.1. The Morgan fingerprint density at radius 1 is 0.909 bits per heavy atom. The molecule has 0 radical (unpaired) electrons. The largest absolute Gasteiger partial charge is 0.308 e. The molecule has 33 heavy (non-hydrogen) atoms. The molecule has 0 aromatic carbocycles. The van der Waals surface area contributed by atoms with Crippen LogP contribution in [0.2, 0.25) is 10.3 Å². The first-order valence-electron chi connectivity index (χ1n) is 9.69. The van der Waals surface area contributed by atoms with Gasteiger partial charge < -0.3 is 5.32 Å². The lowest BCUT2D eigenvalue weighted by molar-refractivity contribution is 0.0906. The van der Waals surface area contributed by atoms with E-state index in [1.54, 1.807) is 47.6 Å². The van der Waals surface area contributed by atoms with Gasteiger partial charge in [-0.15, -0.1) is 24.8 Å². The van der Waals surface area contributed by atoms with E-state index in [4.69, 9.17) is 34.8 Å². The Bertz CT molecular complexity index is 763. The normalized spacial score (nSPS) is 10.4. The molecule has 184 valence electrons. The molecule has 0 saturated heterocycles. The van der Waals surface area contributed by atoms with Crippen molar-refractivity contribution in [2.24, 2.45) is 0 Å². The summed E-state index contributed by atoms with van der Waals surface area (Å²) in [5.41, 5.74) is 1.84. The monoisotopic (exact) mass is 528 g/mol. The van der Waals surface area contributed by atoms with Crippen LogP contribution in [0.25, 0.3) is 0 Å². The number of alkyl halides is 5. The van der Waals surface area contributed by atoms with Gasteiger partial charge in [0.05, 0.1) is 13.1 Å². The van der Waals surface area contributed by atoms with Crippen molar-refractivity contribution in [1.29, 1.82) is 0 Å². The van der Waals surface area contributed by atoms with E-state index >= 15 is 0 Å². The molecule has 4 nitrogen and oxygen atoms in total. The summed E-state index contributed by atoms with van der Waals surface area (Å²) in [6.07, 6.45) is 1.79. The van der Waals surface area contributed by atoms with Crippen molar-refractivity contribution in [3.05, 3.63) is 83.4 Å². The van der Waals surface area contributed by atoms with Crippen molar-refractivity contribution in [2.75, 3.05) is 26.2 Å². The lowest BCUT2D eigenvalue weighted by Gasteiger charge is -2.19. The smallest absolute Gasteiger partial charge is 0.251 e. The van der Waals surface area contributed by atoms with Crippen LogP contribution in [0.3, 0.4) is 0 Å². The van der Waals surface area contributed by atoms with Gasteiger partial charge in [0.2, 0.25) is 0 Å². The summed E-state index contributed by atoms with van der Waals surface area (Å²) < 4.78 is 47.0. The molecule has 0 unspecified atom stereocenters. The third-order valence-corrected chi connectivity index (χ3v) is 4.26. The van der Waals surface area contributed by atoms with Gasteiger partial charge in [0.1, 0.15) is 10.3 Å². The standard InChI is InChI=1S/C11H13ClF2N2.C6H5Cl2N.C5H9F2N/c1-2-5-16(8-11(13)14)7-9-3-4-10(12)15-6-9;7-3-5-1-2-6(8)9-4-5;1-2-3-8-4-5(6)7/h2-4,6,11H,1,5,7-8H2;1-2,4H,3H2;2,5,8H,1,3-4H2. The van der Waals surface area contributed by atoms with Crippen molar-refractivity contribution < 1.29 is 17.6 Å². The highest BCUT2D eigenvalue weighted by atomic mass is 35.5. The summed E-state index contributed by atoms with van der Waals surface area (Å²) >= 11 is 16.6. The topological polar surface area (TPSA) is 41.1 Å². The van der Waals surface area contributed by atoms with Gasteiger partial charge in [-0.1, -0.05) is 47.5 Å². The maximum Gasteiger partial charge on any atom is 0.251 e. The molecule has 0 aliphatic rings. The first-order chi connectivity index (χ1) is 15.7. The second-order valence-electron chi connectivity index (χ2n) is 6.32. The van der Waals surface area contributed by atoms with E-state index in [-0.39, 0.29) is 13.1 Å². The molecule has 0 aliphatic carbocycles. The molecule has 2 aromatic heterocycles. The summed E-state index contributed by atoms with van der Waals surface area (Å²) in [5.74, 6) is 0.490. The third kappa shape index (κ3) is 18.4. The van der Waals surface area contributed by atoms with Crippen molar-refractivity contribution >= 4 is 34.8 Å². The van der Waals surface area contributed by atoms with Crippen LogP contribution >= 0.6 is 34.8 Å². The summed E-state index contributed by atoms with van der Waals surface area (Å²) in [5, 5.41) is 3.37. The van der Waals surface area contributed by atoms with Crippen LogP contribution in [-0.2, 0) is 12.4 Å². The van der Waals surface area contributed by atoms with E-state index < -0.39 is 12.9 Å². The molecule has 2 aromatic rings. The van der Waals surface area contributed by atoms with E-state index in [1.165, 1.54) is 0 Å². The molecule has 2 rings (SSSR count). The van der Waals surface area contributed by atoms with Gasteiger partial charge in [-0.2, -0.15) is 0 Å². The van der Waals surface area contributed by atoms with Crippen molar-refractivity contribution in [1.82, 2.24) is 20.2 Å². The molecule has 0 amide bonds. The fraction of sp³-hybridized carbons (Fsp3) is 0.364. The van der Waals surface area contributed by atoms with Crippen LogP contribution in [0, 0.1) is 0 Å². The zero-order valence-electron chi connectivity index (χ0n) is 17.9. The lowest BCUT2D eigenvalue weighted by atomic mass is 10.2. The maximum absolute atomic E-state index is 12.3. The Hall–Kier alpha value is -1.71. The van der Waals surface area contributed by atoms with E-state index in [1.807, 2.05) is 6.07 Å². The molecule has 0 bridgehead atoms. The third-order valence-electron chi connectivity index (χ3n) is 3.51. The van der Waals surface area contributed by atoms with Crippen LogP contribution in [0.5, 0.6) is 0 Å². The minimum absolute atomic E-state index is 0.244. The quantitative estimate of drug-likeness (QED) is 0.119. The number of nitrogens with zero attached hydrogens (tertiary/aromatic N) is 3. The van der Waals surface area contributed by atoms with E-state index in [2.05, 4.69) is 28.4 Å². The Balaban J connectivity index is 0.000000511. The van der Waals surface area contributed by atoms with E-state index in [9.17, 15) is 17.6 Å². The van der Waals surface area contributed by atoms with Crippen molar-refractivity contribution in [2.45, 2.75) is 25.3 Å². The highest BCUT2D eigenvalue weighted by molar-refractivity contribution is 6.29. The Morgan fingerprint density at radius 2 is 1.48 bits per heavy atom. The van der Waals surface area contributed by atoms with Gasteiger partial charge in [-0.05, 0) is 23.3 Å². The highest BCUT2D eigenvalue weighted by Crippen LogP contribution is 2.09. The molecule has 0 fully saturated rings. The van der Waals surface area contributed by atoms with Gasteiger partial charge in [0.25, 0.3) is 12.9 Å². The summed E-state index contributed by atoms with van der Waals surface area (Å²) in [4.78, 5) is 9.33. The van der Waals surface area contributed by atoms with Crippen LogP contribution in [0.1, 0.15) is 11.1 Å². The average molecular weight is 530 g/mol. The number of rotatable bonds is 11. The first kappa shape index (κ1) is 31.3. The highest BCUT2D eigenvalue weighted by Gasteiger charge is 2.11. The molecule has 1 N–H and O–H groups in total. The Kier molecular flexibility index (Phi) is 18.7. The van der Waals surface area contributed by atoms with Gasteiger partial charge in [-0.25, -0.2) is 27.5 Å². The second-order valence-corrected chi connectivity index (χ2v) is 7.37. The van der Waals surface area contributed by atoms with Crippen LogP contribution < -0.4 is 5.32 Å². The van der Waals surface area contributed by atoms with Crippen LogP contribution in [0.4, 0.5) is 17.6 Å². The molecule has 0 aliphatic heterocycles. The fourth-order valence-electron chi connectivity index (χ4n) is 2.12. The number of pyridine rings is 2. The number of halogens is 7. The predicted octanol–water partition coefficient (Wildman–Crippen LogP) is 6.49. The van der Waals surface area contributed by atoms with Crippen LogP contribution in [0.15, 0.2) is 62.0 Å². The van der Waals surface area contributed by atoms with Crippen LogP contribution in [-0.4, -0.2) is 53.9 Å². The predicted molar refractivity (Wildman–Crippen MR) is 129 cm³/mol. The lowest BCUT2D eigenvalue weighted by Crippen LogP contribution is -2.28. The minimum atomic E-state index is -2.35. The second kappa shape index (κ2) is 19.7. The number of nitrogens with one attached hydrogen (secondary N) is 1. The molecule has 2 heterocycles. The van der Waals surface area contributed by atoms with Gasteiger partial charge in [0.15, 0.2) is 0 Å². The zero-order valence-corrected chi connectivity index (χ0v) is 20.2.